The monoisotopic (exact) mass is 333 g/mol. The van der Waals surface area contributed by atoms with E-state index in [2.05, 4.69) is 15.0 Å². The third-order valence-corrected chi connectivity index (χ3v) is 3.78. The number of para-hydroxylation sites is 2. The van der Waals surface area contributed by atoms with Crippen LogP contribution < -0.4 is 15.2 Å². The van der Waals surface area contributed by atoms with Gasteiger partial charge in [0.1, 0.15) is 29.8 Å². The number of methoxy groups -OCH3 is 1. The van der Waals surface area contributed by atoms with Crippen LogP contribution in [0.4, 0.5) is 5.69 Å². The molecule has 0 fully saturated rings. The standard InChI is InChI=1S/C18H15N5O2/c1-24-12-6-8-13(9-7-12)25-18-16(19)17(20-10-21-18)23-11-22-14-4-2-3-5-15(14)23/h2-11H,19H2,1H3. The Balaban J connectivity index is 1.72. The van der Waals surface area contributed by atoms with E-state index in [-0.39, 0.29) is 5.88 Å². The number of fused-ring (bicyclic) bond motifs is 1. The number of hydrogen-bond acceptors (Lipinski definition) is 6. The second kappa shape index (κ2) is 6.12. The minimum atomic E-state index is 0.285. The van der Waals surface area contributed by atoms with E-state index < -0.39 is 0 Å². The molecule has 0 aliphatic carbocycles. The van der Waals surface area contributed by atoms with Crippen molar-refractivity contribution in [2.45, 2.75) is 0 Å². The van der Waals surface area contributed by atoms with Gasteiger partial charge in [-0.15, -0.1) is 0 Å². The van der Waals surface area contributed by atoms with Crippen LogP contribution in [-0.2, 0) is 0 Å². The van der Waals surface area contributed by atoms with Gasteiger partial charge in [0.25, 0.3) is 0 Å². The van der Waals surface area contributed by atoms with Crippen molar-refractivity contribution >= 4 is 16.7 Å². The van der Waals surface area contributed by atoms with Crippen molar-refractivity contribution in [3.05, 3.63) is 61.2 Å². The first-order valence-electron chi connectivity index (χ1n) is 7.61. The minimum Gasteiger partial charge on any atom is -0.497 e. The Kier molecular flexibility index (Phi) is 3.66. The summed E-state index contributed by atoms with van der Waals surface area (Å²) in [6.45, 7) is 0. The Bertz CT molecular complexity index is 1030. The van der Waals surface area contributed by atoms with Crippen LogP contribution in [0.1, 0.15) is 0 Å². The summed E-state index contributed by atoms with van der Waals surface area (Å²) in [4.78, 5) is 12.8. The van der Waals surface area contributed by atoms with Gasteiger partial charge in [-0.1, -0.05) is 12.1 Å². The summed E-state index contributed by atoms with van der Waals surface area (Å²) in [5.74, 6) is 2.15. The number of nitrogen functional groups attached to an aromatic ring is 1. The van der Waals surface area contributed by atoms with Gasteiger partial charge in [-0.3, -0.25) is 4.57 Å². The summed E-state index contributed by atoms with van der Waals surface area (Å²) >= 11 is 0. The molecule has 0 aliphatic heterocycles. The first kappa shape index (κ1) is 14.9. The largest absolute Gasteiger partial charge is 0.497 e. The molecule has 7 heteroatoms. The zero-order valence-corrected chi connectivity index (χ0v) is 13.5. The Hall–Kier alpha value is -3.61. The molecule has 0 aliphatic rings. The molecule has 0 unspecified atom stereocenters. The van der Waals surface area contributed by atoms with E-state index in [4.69, 9.17) is 15.2 Å². The average Bonchev–Trinajstić information content (AvgIpc) is 3.08. The van der Waals surface area contributed by atoms with Gasteiger partial charge in [0, 0.05) is 0 Å². The van der Waals surface area contributed by atoms with E-state index in [0.29, 0.717) is 17.3 Å². The average molecular weight is 333 g/mol. The second-order valence-corrected chi connectivity index (χ2v) is 5.30. The van der Waals surface area contributed by atoms with Crippen LogP contribution in [0.2, 0.25) is 0 Å². The molecular formula is C18H15N5O2. The van der Waals surface area contributed by atoms with E-state index >= 15 is 0 Å². The van der Waals surface area contributed by atoms with Crippen molar-refractivity contribution in [1.82, 2.24) is 19.5 Å². The fraction of sp³-hybridized carbons (Fsp3) is 0.0556. The van der Waals surface area contributed by atoms with Crippen molar-refractivity contribution in [1.29, 1.82) is 0 Å². The number of rotatable bonds is 4. The zero-order chi connectivity index (χ0) is 17.2. The van der Waals surface area contributed by atoms with E-state index in [9.17, 15) is 0 Å². The smallest absolute Gasteiger partial charge is 0.248 e. The summed E-state index contributed by atoms with van der Waals surface area (Å²) in [5, 5.41) is 0. The van der Waals surface area contributed by atoms with E-state index in [0.717, 1.165) is 16.8 Å². The maximum Gasteiger partial charge on any atom is 0.248 e. The second-order valence-electron chi connectivity index (χ2n) is 5.30. The lowest BCUT2D eigenvalue weighted by Gasteiger charge is -2.11. The number of imidazole rings is 1. The van der Waals surface area contributed by atoms with Crippen LogP contribution in [0.15, 0.2) is 61.2 Å². The SMILES string of the molecule is COc1ccc(Oc2ncnc(-n3cnc4ccccc43)c2N)cc1. The summed E-state index contributed by atoms with van der Waals surface area (Å²) in [6, 6.07) is 14.9. The number of benzene rings is 2. The first-order chi connectivity index (χ1) is 12.3. The highest BCUT2D eigenvalue weighted by Crippen LogP contribution is 2.30. The van der Waals surface area contributed by atoms with Crippen LogP contribution in [0, 0.1) is 0 Å². The van der Waals surface area contributed by atoms with E-state index in [1.54, 1.807) is 37.7 Å². The minimum absolute atomic E-state index is 0.285. The summed E-state index contributed by atoms with van der Waals surface area (Å²) < 4.78 is 12.7. The number of hydrogen-bond donors (Lipinski definition) is 1. The zero-order valence-electron chi connectivity index (χ0n) is 13.5. The van der Waals surface area contributed by atoms with Crippen LogP contribution in [0.5, 0.6) is 17.4 Å². The lowest BCUT2D eigenvalue weighted by atomic mass is 10.3. The number of aromatic nitrogens is 4. The molecule has 2 aromatic carbocycles. The van der Waals surface area contributed by atoms with Crippen molar-refractivity contribution < 1.29 is 9.47 Å². The molecule has 2 aromatic heterocycles. The third kappa shape index (κ3) is 2.72. The normalized spacial score (nSPS) is 10.8. The van der Waals surface area contributed by atoms with Gasteiger partial charge in [0.15, 0.2) is 5.82 Å². The van der Waals surface area contributed by atoms with Crippen LogP contribution in [0.3, 0.4) is 0 Å². The number of nitrogens with zero attached hydrogens (tertiary/aromatic N) is 4. The van der Waals surface area contributed by atoms with Gasteiger partial charge < -0.3 is 15.2 Å². The Morgan fingerprint density at radius 1 is 0.920 bits per heavy atom. The highest BCUT2D eigenvalue weighted by Gasteiger charge is 2.14. The van der Waals surface area contributed by atoms with Gasteiger partial charge in [0.2, 0.25) is 5.88 Å². The van der Waals surface area contributed by atoms with Crippen LogP contribution in [0.25, 0.3) is 16.9 Å². The number of ether oxygens (including phenoxy) is 2. The Morgan fingerprint density at radius 2 is 1.68 bits per heavy atom. The van der Waals surface area contributed by atoms with E-state index in [1.807, 2.05) is 28.8 Å². The predicted molar refractivity (Wildman–Crippen MR) is 94.1 cm³/mol. The van der Waals surface area contributed by atoms with Gasteiger partial charge in [0.05, 0.1) is 18.1 Å². The molecule has 0 amide bonds. The Labute approximate surface area is 143 Å². The summed E-state index contributed by atoms with van der Waals surface area (Å²) in [5.41, 5.74) is 8.35. The molecule has 4 rings (SSSR count). The maximum atomic E-state index is 6.25. The quantitative estimate of drug-likeness (QED) is 0.617. The number of anilines is 1. The molecule has 25 heavy (non-hydrogen) atoms. The van der Waals surface area contributed by atoms with Gasteiger partial charge in [-0.05, 0) is 36.4 Å². The molecule has 124 valence electrons. The number of nitrogens with two attached hydrogens (primary N) is 1. The first-order valence-corrected chi connectivity index (χ1v) is 7.61. The predicted octanol–water partition coefficient (Wildman–Crippen LogP) is 3.20. The molecular weight excluding hydrogens is 318 g/mol. The van der Waals surface area contributed by atoms with Crippen LogP contribution in [-0.4, -0.2) is 26.6 Å². The molecule has 0 saturated heterocycles. The molecule has 0 saturated carbocycles. The summed E-state index contributed by atoms with van der Waals surface area (Å²) in [7, 11) is 1.61. The highest BCUT2D eigenvalue weighted by molar-refractivity contribution is 5.78. The van der Waals surface area contributed by atoms with Gasteiger partial charge in [-0.2, -0.15) is 4.98 Å². The maximum absolute atomic E-state index is 6.25. The van der Waals surface area contributed by atoms with Crippen molar-refractivity contribution in [3.63, 3.8) is 0 Å². The van der Waals surface area contributed by atoms with Crippen LogP contribution >= 0.6 is 0 Å². The molecule has 7 nitrogen and oxygen atoms in total. The summed E-state index contributed by atoms with van der Waals surface area (Å²) in [6.07, 6.45) is 3.10. The molecule has 2 heterocycles. The highest BCUT2D eigenvalue weighted by atomic mass is 16.5. The fourth-order valence-corrected chi connectivity index (χ4v) is 2.53. The molecule has 2 N–H and O–H groups in total. The van der Waals surface area contributed by atoms with Crippen molar-refractivity contribution in [2.75, 3.05) is 12.8 Å². The molecule has 0 atom stereocenters. The molecule has 0 bridgehead atoms. The van der Waals surface area contributed by atoms with E-state index in [1.165, 1.54) is 6.33 Å². The van der Waals surface area contributed by atoms with Gasteiger partial charge >= 0.3 is 0 Å². The Morgan fingerprint density at radius 3 is 2.48 bits per heavy atom. The molecule has 0 spiro atoms. The van der Waals surface area contributed by atoms with Gasteiger partial charge in [-0.25, -0.2) is 9.97 Å². The topological polar surface area (TPSA) is 88.1 Å². The van der Waals surface area contributed by atoms with Crippen molar-refractivity contribution in [3.8, 4) is 23.2 Å². The molecule has 4 aromatic rings. The third-order valence-electron chi connectivity index (χ3n) is 3.78. The lowest BCUT2D eigenvalue weighted by molar-refractivity contribution is 0.412. The fourth-order valence-electron chi connectivity index (χ4n) is 2.53. The lowest BCUT2D eigenvalue weighted by Crippen LogP contribution is -2.05. The van der Waals surface area contributed by atoms with Crippen molar-refractivity contribution in [2.24, 2.45) is 0 Å². The molecule has 0 radical (unpaired) electrons.